The van der Waals surface area contributed by atoms with E-state index in [-0.39, 0.29) is 21.8 Å². The maximum atomic E-state index is 5.75. The lowest BCUT2D eigenvalue weighted by Crippen LogP contribution is -2.29. The molecule has 2 rings (SSSR count). The minimum Gasteiger partial charge on any atom is -0.361 e. The Labute approximate surface area is 159 Å². The molecule has 2 aromatic rings. The molecule has 4 nitrogen and oxygen atoms in total. The molecule has 0 saturated carbocycles. The van der Waals surface area contributed by atoms with Gasteiger partial charge in [-0.2, -0.15) is 5.10 Å². The highest BCUT2D eigenvalue weighted by Gasteiger charge is 2.33. The van der Waals surface area contributed by atoms with Crippen LogP contribution in [0.5, 0.6) is 0 Å². The zero-order valence-corrected chi connectivity index (χ0v) is 18.6. The third-order valence-electron chi connectivity index (χ3n) is 4.76. The molecule has 4 heteroatoms. The minimum absolute atomic E-state index is 0.00951. The van der Waals surface area contributed by atoms with Crippen molar-refractivity contribution in [2.75, 3.05) is 0 Å². The normalized spacial score (nSPS) is 14.1. The van der Waals surface area contributed by atoms with E-state index in [2.05, 4.69) is 98.1 Å². The highest BCUT2D eigenvalue weighted by atomic mass is 16.5. The summed E-state index contributed by atoms with van der Waals surface area (Å²) in [5, 5.41) is 9.26. The summed E-state index contributed by atoms with van der Waals surface area (Å²) in [6, 6.07) is 4.37. The number of nitrogens with zero attached hydrogens (tertiary/aromatic N) is 3. The molecule has 0 unspecified atom stereocenters. The lowest BCUT2D eigenvalue weighted by Gasteiger charge is -2.27. The predicted octanol–water partition coefficient (Wildman–Crippen LogP) is 5.74. The first-order valence-electron chi connectivity index (χ1n) is 9.59. The molecule has 26 heavy (non-hydrogen) atoms. The number of hydrogen-bond donors (Lipinski definition) is 0. The van der Waals surface area contributed by atoms with Gasteiger partial charge in [0.2, 0.25) is 0 Å². The molecular formula is C22H37N3O. The molecule has 0 aliphatic heterocycles. The molecule has 0 aromatic carbocycles. The molecule has 0 atom stereocenters. The van der Waals surface area contributed by atoms with Crippen LogP contribution >= 0.6 is 0 Å². The van der Waals surface area contributed by atoms with Crippen LogP contribution in [-0.4, -0.2) is 14.9 Å². The molecular weight excluding hydrogens is 322 g/mol. The van der Waals surface area contributed by atoms with Gasteiger partial charge in [-0.3, -0.25) is 4.68 Å². The summed E-state index contributed by atoms with van der Waals surface area (Å²) in [6.07, 6.45) is 0.853. The quantitative estimate of drug-likeness (QED) is 0.701. The fraction of sp³-hybridized carbons (Fsp3) is 0.727. The Balaban J connectivity index is 2.42. The smallest absolute Gasteiger partial charge is 0.142 e. The molecule has 0 N–H and O–H groups in total. The summed E-state index contributed by atoms with van der Waals surface area (Å²) in [7, 11) is 0. The topological polar surface area (TPSA) is 43.9 Å². The summed E-state index contributed by atoms with van der Waals surface area (Å²) in [4.78, 5) is 0. The van der Waals surface area contributed by atoms with E-state index in [0.717, 1.165) is 23.6 Å². The zero-order chi connectivity index (χ0) is 20.1. The molecule has 0 spiro atoms. The highest BCUT2D eigenvalue weighted by Crippen LogP contribution is 2.34. The molecule has 2 heterocycles. The zero-order valence-electron chi connectivity index (χ0n) is 18.6. The summed E-state index contributed by atoms with van der Waals surface area (Å²) in [6.45, 7) is 24.2. The maximum Gasteiger partial charge on any atom is 0.142 e. The standard InChI is InChI=1S/C22H37N3O/c1-19(2,3)16-12-15(25(23-16)21(7,8)9)14-22(10,11)18-13-17(24-26-18)20(4,5)6/h12-13H,14H2,1-11H3. The van der Waals surface area contributed by atoms with Crippen LogP contribution in [0.25, 0.3) is 0 Å². The first kappa shape index (κ1) is 20.7. The third kappa shape index (κ3) is 4.39. The Morgan fingerprint density at radius 2 is 1.35 bits per heavy atom. The van der Waals surface area contributed by atoms with Gasteiger partial charge in [-0.15, -0.1) is 0 Å². The molecule has 0 saturated heterocycles. The molecule has 0 amide bonds. The van der Waals surface area contributed by atoms with Gasteiger partial charge in [-0.05, 0) is 26.8 Å². The summed E-state index contributed by atoms with van der Waals surface area (Å²) < 4.78 is 7.93. The van der Waals surface area contributed by atoms with Gasteiger partial charge in [-0.1, -0.05) is 60.5 Å². The predicted molar refractivity (Wildman–Crippen MR) is 108 cm³/mol. The Kier molecular flexibility index (Phi) is 4.98. The van der Waals surface area contributed by atoms with Crippen molar-refractivity contribution in [3.63, 3.8) is 0 Å². The van der Waals surface area contributed by atoms with E-state index in [1.807, 2.05) is 0 Å². The SMILES string of the molecule is CC(C)(C)c1cc(C(C)(C)Cc2cc(C(C)(C)C)nn2C(C)(C)C)on1. The van der Waals surface area contributed by atoms with Gasteiger partial charge in [0.25, 0.3) is 0 Å². The van der Waals surface area contributed by atoms with Crippen LogP contribution in [0.1, 0.15) is 99.0 Å². The van der Waals surface area contributed by atoms with Crippen molar-refractivity contribution in [2.45, 2.75) is 104 Å². The molecule has 0 bridgehead atoms. The fourth-order valence-corrected chi connectivity index (χ4v) is 2.98. The van der Waals surface area contributed by atoms with E-state index in [4.69, 9.17) is 9.62 Å². The maximum absolute atomic E-state index is 5.75. The van der Waals surface area contributed by atoms with Crippen molar-refractivity contribution in [3.05, 3.63) is 35.0 Å². The Hall–Kier alpha value is -1.58. The Morgan fingerprint density at radius 3 is 1.77 bits per heavy atom. The average Bonchev–Trinajstić information content (AvgIpc) is 3.01. The third-order valence-corrected chi connectivity index (χ3v) is 4.76. The second-order valence-corrected chi connectivity index (χ2v) is 11.2. The first-order chi connectivity index (χ1) is 11.5. The Morgan fingerprint density at radius 1 is 0.808 bits per heavy atom. The van der Waals surface area contributed by atoms with E-state index in [1.165, 1.54) is 5.69 Å². The number of hydrogen-bond acceptors (Lipinski definition) is 3. The summed E-state index contributed by atoms with van der Waals surface area (Å²) in [5.74, 6) is 0.932. The van der Waals surface area contributed by atoms with Crippen molar-refractivity contribution >= 4 is 0 Å². The van der Waals surface area contributed by atoms with Gasteiger partial charge in [0.1, 0.15) is 5.76 Å². The molecule has 0 aliphatic rings. The van der Waals surface area contributed by atoms with E-state index < -0.39 is 0 Å². The molecule has 146 valence electrons. The van der Waals surface area contributed by atoms with Gasteiger partial charge in [-0.25, -0.2) is 0 Å². The van der Waals surface area contributed by atoms with Gasteiger partial charge >= 0.3 is 0 Å². The highest BCUT2D eigenvalue weighted by molar-refractivity contribution is 5.25. The van der Waals surface area contributed by atoms with Gasteiger partial charge in [0, 0.05) is 34.4 Å². The minimum atomic E-state index is -0.158. The lowest BCUT2D eigenvalue weighted by molar-refractivity contribution is 0.290. The van der Waals surface area contributed by atoms with Crippen molar-refractivity contribution < 1.29 is 4.52 Å². The average molecular weight is 360 g/mol. The van der Waals surface area contributed by atoms with Crippen LogP contribution in [-0.2, 0) is 28.2 Å². The van der Waals surface area contributed by atoms with E-state index in [9.17, 15) is 0 Å². The van der Waals surface area contributed by atoms with Crippen LogP contribution in [0.2, 0.25) is 0 Å². The van der Waals surface area contributed by atoms with Crippen molar-refractivity contribution in [3.8, 4) is 0 Å². The lowest BCUT2D eigenvalue weighted by atomic mass is 9.82. The number of rotatable bonds is 3. The summed E-state index contributed by atoms with van der Waals surface area (Å²) >= 11 is 0. The van der Waals surface area contributed by atoms with E-state index in [0.29, 0.717) is 0 Å². The van der Waals surface area contributed by atoms with E-state index >= 15 is 0 Å². The number of aromatic nitrogens is 3. The molecule has 0 radical (unpaired) electrons. The monoisotopic (exact) mass is 359 g/mol. The van der Waals surface area contributed by atoms with Crippen LogP contribution in [0.3, 0.4) is 0 Å². The van der Waals surface area contributed by atoms with Crippen molar-refractivity contribution in [2.24, 2.45) is 0 Å². The van der Waals surface area contributed by atoms with Crippen LogP contribution < -0.4 is 0 Å². The molecule has 2 aromatic heterocycles. The van der Waals surface area contributed by atoms with Crippen LogP contribution in [0.4, 0.5) is 0 Å². The van der Waals surface area contributed by atoms with Crippen LogP contribution in [0.15, 0.2) is 16.7 Å². The first-order valence-corrected chi connectivity index (χ1v) is 9.59. The van der Waals surface area contributed by atoms with Gasteiger partial charge in [0.15, 0.2) is 0 Å². The van der Waals surface area contributed by atoms with Crippen molar-refractivity contribution in [1.82, 2.24) is 14.9 Å². The largest absolute Gasteiger partial charge is 0.361 e. The van der Waals surface area contributed by atoms with E-state index in [1.54, 1.807) is 0 Å². The van der Waals surface area contributed by atoms with Gasteiger partial charge < -0.3 is 4.52 Å². The van der Waals surface area contributed by atoms with Crippen molar-refractivity contribution in [1.29, 1.82) is 0 Å². The molecule has 0 aliphatic carbocycles. The fourth-order valence-electron chi connectivity index (χ4n) is 2.98. The van der Waals surface area contributed by atoms with Crippen LogP contribution in [0, 0.1) is 0 Å². The molecule has 0 fully saturated rings. The Bertz CT molecular complexity index is 759. The summed E-state index contributed by atoms with van der Waals surface area (Å²) in [5.41, 5.74) is 3.17. The second-order valence-electron chi connectivity index (χ2n) is 11.2. The second kappa shape index (κ2) is 6.24. The van der Waals surface area contributed by atoms with Gasteiger partial charge in [0.05, 0.1) is 16.9 Å².